The van der Waals surface area contributed by atoms with Gasteiger partial charge in [0.05, 0.1) is 12.7 Å². The average molecular weight is 356 g/mol. The molecule has 1 N–H and O–H groups in total. The van der Waals surface area contributed by atoms with Crippen molar-refractivity contribution in [3.63, 3.8) is 0 Å². The Balaban J connectivity index is 2.42. The van der Waals surface area contributed by atoms with Crippen LogP contribution in [-0.2, 0) is 4.79 Å². The van der Waals surface area contributed by atoms with Gasteiger partial charge in [-0.2, -0.15) is 0 Å². The Morgan fingerprint density at radius 1 is 1.08 bits per heavy atom. The minimum absolute atomic E-state index is 0.128. The first-order valence-corrected chi connectivity index (χ1v) is 8.43. The Labute approximate surface area is 153 Å². The van der Waals surface area contributed by atoms with E-state index in [1.165, 1.54) is 0 Å². The van der Waals surface area contributed by atoms with Crippen LogP contribution < -0.4 is 9.47 Å². The molecular formula is C21H24O5. The van der Waals surface area contributed by atoms with Crippen LogP contribution >= 0.6 is 0 Å². The van der Waals surface area contributed by atoms with Crippen molar-refractivity contribution in [3.05, 3.63) is 58.1 Å². The Hall–Kier alpha value is -2.82. The van der Waals surface area contributed by atoms with E-state index < -0.39 is 12.6 Å². The van der Waals surface area contributed by atoms with E-state index in [1.54, 1.807) is 25.3 Å². The van der Waals surface area contributed by atoms with E-state index in [2.05, 4.69) is 13.8 Å². The van der Waals surface area contributed by atoms with E-state index >= 15 is 0 Å². The van der Waals surface area contributed by atoms with E-state index in [1.807, 2.05) is 26.0 Å². The molecule has 0 heterocycles. The molecule has 0 aliphatic carbocycles. The second kappa shape index (κ2) is 8.04. The topological polar surface area (TPSA) is 72.8 Å². The molecule has 0 aromatic heterocycles. The number of carbonyl (C=O) groups excluding carboxylic acids is 1. The summed E-state index contributed by atoms with van der Waals surface area (Å²) in [4.78, 5) is 23.8. The number of benzene rings is 2. The number of aliphatic carboxylic acids is 1. The highest BCUT2D eigenvalue weighted by Crippen LogP contribution is 2.30. The minimum Gasteiger partial charge on any atom is -0.496 e. The highest BCUT2D eigenvalue weighted by molar-refractivity contribution is 6.12. The monoisotopic (exact) mass is 356 g/mol. The van der Waals surface area contributed by atoms with E-state index in [0.29, 0.717) is 28.5 Å². The van der Waals surface area contributed by atoms with Crippen molar-refractivity contribution in [2.45, 2.75) is 33.6 Å². The third-order valence-corrected chi connectivity index (χ3v) is 4.23. The number of hydrogen-bond donors (Lipinski definition) is 1. The molecule has 2 rings (SSSR count). The average Bonchev–Trinajstić information content (AvgIpc) is 2.58. The highest BCUT2D eigenvalue weighted by Gasteiger charge is 2.20. The summed E-state index contributed by atoms with van der Waals surface area (Å²) in [6, 6.07) is 8.99. The molecule has 0 unspecified atom stereocenters. The quantitative estimate of drug-likeness (QED) is 0.755. The fourth-order valence-electron chi connectivity index (χ4n) is 2.90. The number of carbonyl (C=O) groups is 2. The van der Waals surface area contributed by atoms with E-state index in [-0.39, 0.29) is 5.78 Å². The van der Waals surface area contributed by atoms with Gasteiger partial charge < -0.3 is 14.6 Å². The number of carboxylic acid groups (broad SMARTS) is 1. The summed E-state index contributed by atoms with van der Waals surface area (Å²) in [5.41, 5.74) is 3.63. The summed E-state index contributed by atoms with van der Waals surface area (Å²) < 4.78 is 10.7. The van der Waals surface area contributed by atoms with Crippen molar-refractivity contribution in [3.8, 4) is 11.5 Å². The molecule has 0 amide bonds. The second-order valence-electron chi connectivity index (χ2n) is 6.56. The first-order valence-electron chi connectivity index (χ1n) is 8.43. The van der Waals surface area contributed by atoms with Crippen LogP contribution in [0.3, 0.4) is 0 Å². The van der Waals surface area contributed by atoms with Crippen LogP contribution in [0.1, 0.15) is 52.4 Å². The zero-order valence-electron chi connectivity index (χ0n) is 15.8. The number of rotatable bonds is 7. The molecule has 0 bridgehead atoms. The molecule has 2 aromatic carbocycles. The van der Waals surface area contributed by atoms with Crippen LogP contribution in [-0.4, -0.2) is 30.6 Å². The lowest BCUT2D eigenvalue weighted by Gasteiger charge is -2.15. The van der Waals surface area contributed by atoms with Crippen molar-refractivity contribution >= 4 is 11.8 Å². The number of ether oxygens (including phenoxy) is 2. The summed E-state index contributed by atoms with van der Waals surface area (Å²) in [5, 5.41) is 8.73. The van der Waals surface area contributed by atoms with Crippen LogP contribution in [0.15, 0.2) is 30.3 Å². The smallest absolute Gasteiger partial charge is 0.341 e. The molecule has 26 heavy (non-hydrogen) atoms. The maximum Gasteiger partial charge on any atom is 0.341 e. The summed E-state index contributed by atoms with van der Waals surface area (Å²) in [5.74, 6) is 0.141. The first-order chi connectivity index (χ1) is 12.2. The predicted molar refractivity (Wildman–Crippen MR) is 99.6 cm³/mol. The van der Waals surface area contributed by atoms with Gasteiger partial charge in [0.25, 0.3) is 0 Å². The molecule has 0 spiro atoms. The Morgan fingerprint density at radius 2 is 1.69 bits per heavy atom. The summed E-state index contributed by atoms with van der Waals surface area (Å²) in [7, 11) is 1.55. The second-order valence-corrected chi connectivity index (χ2v) is 6.56. The molecule has 2 aromatic rings. The molecule has 0 atom stereocenters. The van der Waals surface area contributed by atoms with Gasteiger partial charge >= 0.3 is 5.97 Å². The van der Waals surface area contributed by atoms with E-state index in [9.17, 15) is 9.59 Å². The Kier molecular flexibility index (Phi) is 6.03. The lowest BCUT2D eigenvalue weighted by molar-refractivity contribution is -0.139. The third-order valence-electron chi connectivity index (χ3n) is 4.23. The molecule has 5 nitrogen and oxygen atoms in total. The zero-order valence-corrected chi connectivity index (χ0v) is 15.8. The molecule has 0 saturated heterocycles. The number of aryl methyl sites for hydroxylation is 2. The van der Waals surface area contributed by atoms with Crippen LogP contribution in [0.25, 0.3) is 0 Å². The van der Waals surface area contributed by atoms with Crippen LogP contribution in [0, 0.1) is 13.8 Å². The maximum atomic E-state index is 13.1. The van der Waals surface area contributed by atoms with Gasteiger partial charge in [-0.1, -0.05) is 19.9 Å². The normalized spacial score (nSPS) is 10.7. The van der Waals surface area contributed by atoms with Gasteiger partial charge in [0.15, 0.2) is 12.4 Å². The van der Waals surface area contributed by atoms with Gasteiger partial charge in [-0.05, 0) is 60.7 Å². The maximum absolute atomic E-state index is 13.1. The molecular weight excluding hydrogens is 332 g/mol. The fraction of sp³-hybridized carbons (Fsp3) is 0.333. The third kappa shape index (κ3) is 4.23. The van der Waals surface area contributed by atoms with E-state index in [4.69, 9.17) is 14.6 Å². The number of hydrogen-bond acceptors (Lipinski definition) is 4. The van der Waals surface area contributed by atoms with Crippen molar-refractivity contribution in [1.29, 1.82) is 0 Å². The molecule has 138 valence electrons. The molecule has 0 radical (unpaired) electrons. The number of carboxylic acids is 1. The molecule has 0 saturated carbocycles. The largest absolute Gasteiger partial charge is 0.496 e. The lowest BCUT2D eigenvalue weighted by atomic mass is 9.92. The van der Waals surface area contributed by atoms with Crippen molar-refractivity contribution in [2.75, 3.05) is 13.7 Å². The summed E-state index contributed by atoms with van der Waals surface area (Å²) in [6.45, 7) is 7.36. The SMILES string of the molecule is COc1cc(C(C)C)ccc1C(=O)c1c(C)cc(OCC(=O)O)cc1C. The zero-order chi connectivity index (χ0) is 19.4. The minimum atomic E-state index is -1.05. The van der Waals surface area contributed by atoms with Gasteiger partial charge in [0.1, 0.15) is 11.5 Å². The van der Waals surface area contributed by atoms with Crippen LogP contribution in [0.2, 0.25) is 0 Å². The Bertz CT molecular complexity index is 813. The molecule has 0 aliphatic heterocycles. The van der Waals surface area contributed by atoms with Crippen molar-refractivity contribution in [2.24, 2.45) is 0 Å². The molecule has 0 aliphatic rings. The van der Waals surface area contributed by atoms with Gasteiger partial charge in [-0.25, -0.2) is 4.79 Å². The van der Waals surface area contributed by atoms with Crippen molar-refractivity contribution in [1.82, 2.24) is 0 Å². The summed E-state index contributed by atoms with van der Waals surface area (Å²) in [6.07, 6.45) is 0. The Morgan fingerprint density at radius 3 is 2.19 bits per heavy atom. The van der Waals surface area contributed by atoms with Gasteiger partial charge in [-0.15, -0.1) is 0 Å². The lowest BCUT2D eigenvalue weighted by Crippen LogP contribution is -2.12. The molecule has 0 fully saturated rings. The molecule has 5 heteroatoms. The van der Waals surface area contributed by atoms with Gasteiger partial charge in [-0.3, -0.25) is 4.79 Å². The fourth-order valence-corrected chi connectivity index (χ4v) is 2.90. The van der Waals surface area contributed by atoms with E-state index in [0.717, 1.165) is 16.7 Å². The standard InChI is InChI=1S/C21H24O5/c1-12(2)15-6-7-17(18(10-15)25-5)21(24)20-13(3)8-16(9-14(20)4)26-11-19(22)23/h6-10,12H,11H2,1-5H3,(H,22,23). The van der Waals surface area contributed by atoms with Gasteiger partial charge in [0.2, 0.25) is 0 Å². The first kappa shape index (κ1) is 19.5. The number of methoxy groups -OCH3 is 1. The predicted octanol–water partition coefficient (Wildman–Crippen LogP) is 4.13. The number of ketones is 1. The van der Waals surface area contributed by atoms with Crippen molar-refractivity contribution < 1.29 is 24.2 Å². The highest BCUT2D eigenvalue weighted by atomic mass is 16.5. The van der Waals surface area contributed by atoms with Crippen LogP contribution in [0.5, 0.6) is 11.5 Å². The summed E-state index contributed by atoms with van der Waals surface area (Å²) >= 11 is 0. The van der Waals surface area contributed by atoms with Crippen LogP contribution in [0.4, 0.5) is 0 Å². The van der Waals surface area contributed by atoms with Gasteiger partial charge in [0, 0.05) is 5.56 Å².